The lowest BCUT2D eigenvalue weighted by atomic mass is 10.1. The van der Waals surface area contributed by atoms with Crippen LogP contribution in [-0.4, -0.2) is 43.2 Å². The molecule has 0 spiro atoms. The maximum atomic E-state index is 11.4. The third kappa shape index (κ3) is 2.43. The fourth-order valence-electron chi connectivity index (χ4n) is 2.71. The standard InChI is InChI=1S/C13H17NO3S/c15-13-8-18(16,17)7-12(13)14-11-6-10(11)9-4-2-1-3-5-9/h1-5,10-15H,6-8H2. The minimum atomic E-state index is -3.06. The van der Waals surface area contributed by atoms with Crippen LogP contribution in [0.3, 0.4) is 0 Å². The number of sulfone groups is 1. The first-order valence-corrected chi connectivity index (χ1v) is 8.07. The molecule has 5 heteroatoms. The lowest BCUT2D eigenvalue weighted by Crippen LogP contribution is -2.40. The van der Waals surface area contributed by atoms with Crippen molar-refractivity contribution in [2.45, 2.75) is 30.5 Å². The van der Waals surface area contributed by atoms with E-state index in [-0.39, 0.29) is 17.5 Å². The van der Waals surface area contributed by atoms with Crippen LogP contribution in [0.25, 0.3) is 0 Å². The van der Waals surface area contributed by atoms with Gasteiger partial charge in [0.25, 0.3) is 0 Å². The van der Waals surface area contributed by atoms with Gasteiger partial charge in [0.05, 0.1) is 17.6 Å². The minimum absolute atomic E-state index is 0.0617. The van der Waals surface area contributed by atoms with E-state index < -0.39 is 15.9 Å². The van der Waals surface area contributed by atoms with Crippen LogP contribution in [0.2, 0.25) is 0 Å². The lowest BCUT2D eigenvalue weighted by Gasteiger charge is -2.14. The molecule has 1 aromatic carbocycles. The lowest BCUT2D eigenvalue weighted by molar-refractivity contribution is 0.165. The van der Waals surface area contributed by atoms with E-state index in [1.54, 1.807) is 0 Å². The van der Waals surface area contributed by atoms with E-state index in [9.17, 15) is 13.5 Å². The Morgan fingerprint density at radius 3 is 2.44 bits per heavy atom. The van der Waals surface area contributed by atoms with E-state index in [1.807, 2.05) is 18.2 Å². The highest BCUT2D eigenvalue weighted by Crippen LogP contribution is 2.41. The van der Waals surface area contributed by atoms with E-state index >= 15 is 0 Å². The number of aliphatic hydroxyl groups excluding tert-OH is 1. The average Bonchev–Trinajstić information content (AvgIpc) is 3.02. The van der Waals surface area contributed by atoms with Gasteiger partial charge in [-0.25, -0.2) is 8.42 Å². The molecule has 1 aliphatic carbocycles. The number of nitrogens with one attached hydrogen (secondary N) is 1. The molecule has 3 rings (SSSR count). The summed E-state index contributed by atoms with van der Waals surface area (Å²) in [4.78, 5) is 0. The Kier molecular flexibility index (Phi) is 2.92. The summed E-state index contributed by atoms with van der Waals surface area (Å²) >= 11 is 0. The molecule has 4 atom stereocenters. The van der Waals surface area contributed by atoms with Gasteiger partial charge >= 0.3 is 0 Å². The molecule has 0 radical (unpaired) electrons. The molecule has 2 N–H and O–H groups in total. The maximum absolute atomic E-state index is 11.4. The van der Waals surface area contributed by atoms with E-state index in [0.29, 0.717) is 12.0 Å². The van der Waals surface area contributed by atoms with Gasteiger partial charge in [0.1, 0.15) is 0 Å². The van der Waals surface area contributed by atoms with Crippen LogP contribution in [0.1, 0.15) is 17.9 Å². The molecule has 1 saturated carbocycles. The smallest absolute Gasteiger partial charge is 0.154 e. The average molecular weight is 267 g/mol. The molecule has 18 heavy (non-hydrogen) atoms. The number of hydrogen-bond donors (Lipinski definition) is 2. The largest absolute Gasteiger partial charge is 0.390 e. The summed E-state index contributed by atoms with van der Waals surface area (Å²) in [6, 6.07) is 10.2. The summed E-state index contributed by atoms with van der Waals surface area (Å²) in [6.07, 6.45) is 0.264. The van der Waals surface area contributed by atoms with Crippen LogP contribution in [-0.2, 0) is 9.84 Å². The second-order valence-electron chi connectivity index (χ2n) is 5.28. The van der Waals surface area contributed by atoms with Gasteiger partial charge in [-0.05, 0) is 12.0 Å². The second kappa shape index (κ2) is 4.33. The van der Waals surface area contributed by atoms with E-state index in [0.717, 1.165) is 6.42 Å². The van der Waals surface area contributed by atoms with Crippen molar-refractivity contribution >= 4 is 9.84 Å². The molecule has 2 fully saturated rings. The third-order valence-electron chi connectivity index (χ3n) is 3.77. The first-order valence-electron chi connectivity index (χ1n) is 6.25. The molecule has 0 amide bonds. The minimum Gasteiger partial charge on any atom is -0.390 e. The summed E-state index contributed by atoms with van der Waals surface area (Å²) < 4.78 is 22.8. The number of benzene rings is 1. The molecule has 1 aliphatic heterocycles. The Labute approximate surface area is 107 Å². The van der Waals surface area contributed by atoms with Crippen molar-refractivity contribution < 1.29 is 13.5 Å². The Hall–Kier alpha value is -0.910. The van der Waals surface area contributed by atoms with Gasteiger partial charge in [-0.3, -0.25) is 0 Å². The molecule has 0 aromatic heterocycles. The monoisotopic (exact) mass is 267 g/mol. The highest BCUT2D eigenvalue weighted by atomic mass is 32.2. The fraction of sp³-hybridized carbons (Fsp3) is 0.538. The SMILES string of the molecule is O=S1(=O)CC(O)C(NC2CC2c2ccccc2)C1. The van der Waals surface area contributed by atoms with Crippen molar-refractivity contribution in [1.29, 1.82) is 0 Å². The Bertz CT molecular complexity index is 528. The second-order valence-corrected chi connectivity index (χ2v) is 7.43. The van der Waals surface area contributed by atoms with Crippen molar-refractivity contribution in [2.75, 3.05) is 11.5 Å². The van der Waals surface area contributed by atoms with Crippen LogP contribution in [0.15, 0.2) is 30.3 Å². The zero-order valence-electron chi connectivity index (χ0n) is 9.99. The molecular formula is C13H17NO3S. The van der Waals surface area contributed by atoms with E-state index in [4.69, 9.17) is 0 Å². The van der Waals surface area contributed by atoms with Crippen LogP contribution in [0.4, 0.5) is 0 Å². The molecule has 1 heterocycles. The summed E-state index contributed by atoms with van der Waals surface area (Å²) in [7, 11) is -3.06. The molecule has 4 unspecified atom stereocenters. The Morgan fingerprint density at radius 2 is 1.83 bits per heavy atom. The molecule has 98 valence electrons. The van der Waals surface area contributed by atoms with Crippen LogP contribution in [0.5, 0.6) is 0 Å². The molecule has 1 aromatic rings. The zero-order valence-corrected chi connectivity index (χ0v) is 10.8. The van der Waals surface area contributed by atoms with Crippen molar-refractivity contribution in [1.82, 2.24) is 5.32 Å². The predicted octanol–water partition coefficient (Wildman–Crippen LogP) is 0.290. The van der Waals surface area contributed by atoms with Gasteiger partial charge in [-0.15, -0.1) is 0 Å². The number of aliphatic hydroxyl groups is 1. The zero-order chi connectivity index (χ0) is 12.8. The number of rotatable bonds is 3. The fourth-order valence-corrected chi connectivity index (χ4v) is 4.47. The van der Waals surface area contributed by atoms with Gasteiger partial charge in [0.2, 0.25) is 0 Å². The van der Waals surface area contributed by atoms with Gasteiger partial charge in [-0.2, -0.15) is 0 Å². The Balaban J connectivity index is 1.61. The van der Waals surface area contributed by atoms with E-state index in [1.165, 1.54) is 5.56 Å². The molecule has 0 bridgehead atoms. The summed E-state index contributed by atoms with van der Waals surface area (Å²) in [5.41, 5.74) is 1.28. The maximum Gasteiger partial charge on any atom is 0.154 e. The molecule has 2 aliphatic rings. The van der Waals surface area contributed by atoms with Gasteiger partial charge in [-0.1, -0.05) is 30.3 Å². The van der Waals surface area contributed by atoms with Crippen LogP contribution in [0, 0.1) is 0 Å². The normalized spacial score (nSPS) is 37.6. The first-order chi connectivity index (χ1) is 8.55. The van der Waals surface area contributed by atoms with Gasteiger partial charge < -0.3 is 10.4 Å². The van der Waals surface area contributed by atoms with Crippen LogP contribution < -0.4 is 5.32 Å². The van der Waals surface area contributed by atoms with Crippen LogP contribution >= 0.6 is 0 Å². The van der Waals surface area contributed by atoms with Gasteiger partial charge in [0.15, 0.2) is 9.84 Å². The molecule has 4 nitrogen and oxygen atoms in total. The van der Waals surface area contributed by atoms with Crippen molar-refractivity contribution in [3.05, 3.63) is 35.9 Å². The highest BCUT2D eigenvalue weighted by molar-refractivity contribution is 7.91. The summed E-state index contributed by atoms with van der Waals surface area (Å²) in [6.45, 7) is 0. The molecule has 1 saturated heterocycles. The third-order valence-corrected chi connectivity index (χ3v) is 5.49. The Morgan fingerprint density at radius 1 is 1.11 bits per heavy atom. The van der Waals surface area contributed by atoms with Crippen molar-refractivity contribution in [3.8, 4) is 0 Å². The summed E-state index contributed by atoms with van der Waals surface area (Å²) in [5, 5.41) is 13.0. The van der Waals surface area contributed by atoms with Crippen molar-refractivity contribution in [3.63, 3.8) is 0 Å². The quantitative estimate of drug-likeness (QED) is 0.826. The molecular weight excluding hydrogens is 250 g/mol. The number of hydrogen-bond acceptors (Lipinski definition) is 4. The van der Waals surface area contributed by atoms with E-state index in [2.05, 4.69) is 17.4 Å². The van der Waals surface area contributed by atoms with Gasteiger partial charge in [0, 0.05) is 18.0 Å². The topological polar surface area (TPSA) is 66.4 Å². The highest BCUT2D eigenvalue weighted by Gasteiger charge is 2.44. The summed E-state index contributed by atoms with van der Waals surface area (Å²) in [5.74, 6) is 0.418. The predicted molar refractivity (Wildman–Crippen MR) is 69.2 cm³/mol. The first kappa shape index (κ1) is 12.1. The van der Waals surface area contributed by atoms with Crippen molar-refractivity contribution in [2.24, 2.45) is 0 Å².